The standard InChI is InChI=1S/C21H22ClN3O5S/c1-2-24(14-7-4-3-5-8-14)21(27)17-9-6-10-25(17)31(28,29)19-12-18-16(11-15(19)22)23-20(26)13-30-18/h3-5,7-8,11-12,17H,2,6,9-10,13H2,1H3,(H,23,26)/t17-/m1/s1. The molecule has 2 heterocycles. The van der Waals surface area contributed by atoms with Gasteiger partial charge in [0.1, 0.15) is 16.7 Å². The monoisotopic (exact) mass is 463 g/mol. The first-order valence-corrected chi connectivity index (χ1v) is 11.8. The van der Waals surface area contributed by atoms with Gasteiger partial charge in [-0.3, -0.25) is 9.59 Å². The minimum Gasteiger partial charge on any atom is -0.482 e. The Kier molecular flexibility index (Phi) is 5.92. The first-order valence-electron chi connectivity index (χ1n) is 9.97. The van der Waals surface area contributed by atoms with Crippen LogP contribution in [0.15, 0.2) is 47.4 Å². The summed E-state index contributed by atoms with van der Waals surface area (Å²) in [7, 11) is -4.07. The van der Waals surface area contributed by atoms with E-state index in [1.807, 2.05) is 37.3 Å². The van der Waals surface area contributed by atoms with Gasteiger partial charge in [-0.25, -0.2) is 8.42 Å². The molecule has 0 unspecified atom stereocenters. The SMILES string of the molecule is CCN(C(=O)[C@H]1CCCN1S(=O)(=O)c1cc2c(cc1Cl)NC(=O)CO2)c1ccccc1. The summed E-state index contributed by atoms with van der Waals surface area (Å²) in [6, 6.07) is 11.0. The van der Waals surface area contributed by atoms with Gasteiger partial charge in [0.25, 0.3) is 5.91 Å². The number of hydrogen-bond acceptors (Lipinski definition) is 5. The number of nitrogens with zero attached hydrogens (tertiary/aromatic N) is 2. The van der Waals surface area contributed by atoms with Gasteiger partial charge in [0, 0.05) is 24.8 Å². The third kappa shape index (κ3) is 4.00. The van der Waals surface area contributed by atoms with Crippen LogP contribution in [0.4, 0.5) is 11.4 Å². The van der Waals surface area contributed by atoms with E-state index in [4.69, 9.17) is 16.3 Å². The molecule has 2 aromatic rings. The normalized spacial score (nSPS) is 18.8. The van der Waals surface area contributed by atoms with Crippen molar-refractivity contribution in [1.29, 1.82) is 0 Å². The zero-order valence-corrected chi connectivity index (χ0v) is 18.4. The van der Waals surface area contributed by atoms with Crippen LogP contribution in [0.2, 0.25) is 5.02 Å². The molecule has 4 rings (SSSR count). The van der Waals surface area contributed by atoms with Crippen molar-refractivity contribution in [2.45, 2.75) is 30.7 Å². The van der Waals surface area contributed by atoms with Crippen molar-refractivity contribution in [2.24, 2.45) is 0 Å². The van der Waals surface area contributed by atoms with Crippen molar-refractivity contribution in [3.05, 3.63) is 47.5 Å². The molecule has 2 aliphatic rings. The topological polar surface area (TPSA) is 96.0 Å². The third-order valence-electron chi connectivity index (χ3n) is 5.39. The molecule has 0 aromatic heterocycles. The summed E-state index contributed by atoms with van der Waals surface area (Å²) in [4.78, 5) is 26.3. The number of likely N-dealkylation sites (N-methyl/N-ethyl adjacent to an activating group) is 1. The largest absolute Gasteiger partial charge is 0.482 e. The van der Waals surface area contributed by atoms with Gasteiger partial charge in [0.2, 0.25) is 15.9 Å². The molecule has 1 saturated heterocycles. The highest BCUT2D eigenvalue weighted by molar-refractivity contribution is 7.89. The van der Waals surface area contributed by atoms with Crippen molar-refractivity contribution in [3.8, 4) is 5.75 Å². The lowest BCUT2D eigenvalue weighted by molar-refractivity contribution is -0.121. The van der Waals surface area contributed by atoms with Gasteiger partial charge in [-0.1, -0.05) is 29.8 Å². The molecule has 0 bridgehead atoms. The van der Waals surface area contributed by atoms with Crippen LogP contribution in [-0.4, -0.2) is 50.3 Å². The Bertz CT molecular complexity index is 1120. The highest BCUT2D eigenvalue weighted by Crippen LogP contribution is 2.38. The summed E-state index contributed by atoms with van der Waals surface area (Å²) in [6.45, 7) is 2.28. The number of amides is 2. The highest BCUT2D eigenvalue weighted by atomic mass is 35.5. The molecule has 1 N–H and O–H groups in total. The van der Waals surface area contributed by atoms with Gasteiger partial charge < -0.3 is 15.0 Å². The molecule has 164 valence electrons. The number of hydrogen-bond donors (Lipinski definition) is 1. The minimum absolute atomic E-state index is 0.0435. The van der Waals surface area contributed by atoms with Crippen LogP contribution >= 0.6 is 11.6 Å². The van der Waals surface area contributed by atoms with Crippen LogP contribution in [0, 0.1) is 0 Å². The number of anilines is 2. The lowest BCUT2D eigenvalue weighted by Gasteiger charge is -2.29. The van der Waals surface area contributed by atoms with E-state index in [0.717, 1.165) is 5.69 Å². The molecular weight excluding hydrogens is 442 g/mol. The second-order valence-corrected chi connectivity index (χ2v) is 9.57. The predicted octanol–water partition coefficient (Wildman–Crippen LogP) is 2.88. The first-order chi connectivity index (χ1) is 14.8. The van der Waals surface area contributed by atoms with Crippen LogP contribution in [-0.2, 0) is 19.6 Å². The summed E-state index contributed by atoms with van der Waals surface area (Å²) in [5.74, 6) is -0.388. The summed E-state index contributed by atoms with van der Waals surface area (Å²) in [5, 5.41) is 2.56. The molecule has 2 aromatic carbocycles. The molecule has 8 nitrogen and oxygen atoms in total. The Morgan fingerprint density at radius 1 is 1.29 bits per heavy atom. The fourth-order valence-electron chi connectivity index (χ4n) is 3.93. The van der Waals surface area contributed by atoms with E-state index in [9.17, 15) is 18.0 Å². The van der Waals surface area contributed by atoms with Gasteiger partial charge in [0.15, 0.2) is 6.61 Å². The van der Waals surface area contributed by atoms with Crippen LogP contribution in [0.25, 0.3) is 0 Å². The van der Waals surface area contributed by atoms with Crippen molar-refractivity contribution in [1.82, 2.24) is 4.31 Å². The van der Waals surface area contributed by atoms with E-state index < -0.39 is 16.1 Å². The molecule has 2 aliphatic heterocycles. The molecule has 31 heavy (non-hydrogen) atoms. The fraction of sp³-hybridized carbons (Fsp3) is 0.333. The van der Waals surface area contributed by atoms with Crippen LogP contribution in [0.5, 0.6) is 5.75 Å². The molecule has 0 saturated carbocycles. The third-order valence-corrected chi connectivity index (χ3v) is 7.77. The van der Waals surface area contributed by atoms with E-state index >= 15 is 0 Å². The summed E-state index contributed by atoms with van der Waals surface area (Å²) in [5.41, 5.74) is 1.03. The van der Waals surface area contributed by atoms with Crippen LogP contribution in [0.3, 0.4) is 0 Å². The number of fused-ring (bicyclic) bond motifs is 1. The Morgan fingerprint density at radius 3 is 2.74 bits per heavy atom. The van der Waals surface area contributed by atoms with Gasteiger partial charge in [-0.05, 0) is 38.0 Å². The zero-order valence-electron chi connectivity index (χ0n) is 16.9. The Morgan fingerprint density at radius 2 is 2.03 bits per heavy atom. The molecule has 0 spiro atoms. The molecule has 0 aliphatic carbocycles. The molecule has 1 atom stereocenters. The van der Waals surface area contributed by atoms with Gasteiger partial charge in [-0.15, -0.1) is 0 Å². The number of sulfonamides is 1. The first kappa shape index (κ1) is 21.6. The van der Waals surface area contributed by atoms with E-state index in [1.54, 1.807) is 4.90 Å². The Labute approximate surface area is 185 Å². The van der Waals surface area contributed by atoms with Crippen LogP contribution < -0.4 is 15.0 Å². The predicted molar refractivity (Wildman–Crippen MR) is 117 cm³/mol. The second-order valence-electron chi connectivity index (χ2n) is 7.31. The fourth-order valence-corrected chi connectivity index (χ4v) is 6.10. The quantitative estimate of drug-likeness (QED) is 0.735. The Balaban J connectivity index is 1.67. The number of benzene rings is 2. The summed E-state index contributed by atoms with van der Waals surface area (Å²) < 4.78 is 33.6. The van der Waals surface area contributed by atoms with E-state index in [-0.39, 0.29) is 40.6 Å². The molecule has 1 fully saturated rings. The maximum atomic E-state index is 13.5. The minimum atomic E-state index is -4.07. The maximum Gasteiger partial charge on any atom is 0.262 e. The number of rotatable bonds is 5. The highest BCUT2D eigenvalue weighted by Gasteiger charge is 2.42. The summed E-state index contributed by atoms with van der Waals surface area (Å²) in [6.07, 6.45) is 0.994. The van der Waals surface area contributed by atoms with Crippen LogP contribution in [0.1, 0.15) is 19.8 Å². The van der Waals surface area contributed by atoms with Gasteiger partial charge in [0.05, 0.1) is 10.7 Å². The molecule has 2 amide bonds. The van der Waals surface area contributed by atoms with E-state index in [0.29, 0.717) is 25.1 Å². The smallest absolute Gasteiger partial charge is 0.262 e. The lowest BCUT2D eigenvalue weighted by Crippen LogP contribution is -2.48. The number of halogens is 1. The number of para-hydroxylation sites is 1. The summed E-state index contributed by atoms with van der Waals surface area (Å²) >= 11 is 6.28. The van der Waals surface area contributed by atoms with Crippen molar-refractivity contribution in [2.75, 3.05) is 29.9 Å². The average Bonchev–Trinajstić information content (AvgIpc) is 3.25. The van der Waals surface area contributed by atoms with Gasteiger partial charge in [-0.2, -0.15) is 4.31 Å². The van der Waals surface area contributed by atoms with Crippen molar-refractivity contribution in [3.63, 3.8) is 0 Å². The van der Waals surface area contributed by atoms with Crippen molar-refractivity contribution >= 4 is 44.8 Å². The van der Waals surface area contributed by atoms with E-state index in [2.05, 4.69) is 5.32 Å². The number of nitrogens with one attached hydrogen (secondary N) is 1. The van der Waals surface area contributed by atoms with E-state index in [1.165, 1.54) is 16.4 Å². The Hall–Kier alpha value is -2.62. The molecule has 10 heteroatoms. The molecule has 0 radical (unpaired) electrons. The van der Waals surface area contributed by atoms with Gasteiger partial charge >= 0.3 is 0 Å². The maximum absolute atomic E-state index is 13.5. The molecular formula is C21H22ClN3O5S. The number of carbonyl (C=O) groups is 2. The lowest BCUT2D eigenvalue weighted by atomic mass is 10.2. The second kappa shape index (κ2) is 8.49. The number of carbonyl (C=O) groups excluding carboxylic acids is 2. The average molecular weight is 464 g/mol. The van der Waals surface area contributed by atoms with Crippen molar-refractivity contribution < 1.29 is 22.7 Å². The number of ether oxygens (including phenoxy) is 1. The zero-order chi connectivity index (χ0) is 22.2.